The van der Waals surface area contributed by atoms with E-state index in [1.54, 1.807) is 0 Å². The van der Waals surface area contributed by atoms with Crippen LogP contribution in [0.2, 0.25) is 0 Å². The highest BCUT2D eigenvalue weighted by Gasteiger charge is 2.25. The summed E-state index contributed by atoms with van der Waals surface area (Å²) < 4.78 is 2.96. The molecule has 1 aromatic carbocycles. The highest BCUT2D eigenvalue weighted by Crippen LogP contribution is 2.30. The van der Waals surface area contributed by atoms with Gasteiger partial charge in [-0.25, -0.2) is 0 Å². The molecule has 1 N–H and O–H groups in total. The number of rotatable bonds is 1. The van der Waals surface area contributed by atoms with E-state index in [0.717, 1.165) is 35.2 Å². The smallest absolute Gasteiger partial charge is 0.178 e. The van der Waals surface area contributed by atoms with Gasteiger partial charge in [0.2, 0.25) is 0 Å². The second kappa shape index (κ2) is 5.04. The second-order valence-electron chi connectivity index (χ2n) is 5.65. The van der Waals surface area contributed by atoms with E-state index in [1.807, 2.05) is 18.2 Å². The third-order valence-electron chi connectivity index (χ3n) is 4.39. The molecular formula is C15H18N4S. The van der Waals surface area contributed by atoms with E-state index in [2.05, 4.69) is 34.5 Å². The first-order chi connectivity index (χ1) is 9.60. The molecule has 3 rings (SSSR count). The number of fused-ring (bicyclic) bond motifs is 1. The summed E-state index contributed by atoms with van der Waals surface area (Å²) in [6.07, 6.45) is 2.19. The normalized spacial score (nSPS) is 23.9. The number of likely N-dealkylation sites (tertiary alicyclic amines) is 1. The molecule has 0 spiro atoms. The topological polar surface area (TPSA) is 47.8 Å². The fourth-order valence-electron chi connectivity index (χ4n) is 3.05. The van der Waals surface area contributed by atoms with E-state index in [1.165, 1.54) is 0 Å². The number of benzene rings is 1. The number of H-pyrrole nitrogens is 1. The summed E-state index contributed by atoms with van der Waals surface area (Å²) in [4.78, 5) is 5.64. The van der Waals surface area contributed by atoms with E-state index in [-0.39, 0.29) is 0 Å². The minimum absolute atomic E-state index is 0.413. The minimum Gasteiger partial charge on any atom is -0.331 e. The van der Waals surface area contributed by atoms with Crippen LogP contribution in [0.3, 0.4) is 0 Å². The Balaban J connectivity index is 2.09. The Bertz CT molecular complexity index is 736. The van der Waals surface area contributed by atoms with Crippen molar-refractivity contribution < 1.29 is 0 Å². The van der Waals surface area contributed by atoms with Crippen LogP contribution in [0, 0.1) is 16.1 Å². The predicted octanol–water partition coefficient (Wildman–Crippen LogP) is 3.23. The van der Waals surface area contributed by atoms with Gasteiger partial charge in [0.1, 0.15) is 0 Å². The molecule has 0 amide bonds. The van der Waals surface area contributed by atoms with Gasteiger partial charge in [0.05, 0.1) is 22.7 Å². The third-order valence-corrected chi connectivity index (χ3v) is 4.69. The predicted molar refractivity (Wildman–Crippen MR) is 82.2 cm³/mol. The summed E-state index contributed by atoms with van der Waals surface area (Å²) in [5, 5.41) is 9.08. The molecule has 2 atom stereocenters. The maximum absolute atomic E-state index is 9.08. The lowest BCUT2D eigenvalue weighted by Gasteiger charge is -2.35. The number of imidazole rings is 1. The summed E-state index contributed by atoms with van der Waals surface area (Å²) in [5.41, 5.74) is 2.75. The molecule has 2 unspecified atom stereocenters. The molecule has 1 fully saturated rings. The molecule has 2 aromatic rings. The van der Waals surface area contributed by atoms with Crippen LogP contribution in [0.4, 0.5) is 0 Å². The number of nitrogens with one attached hydrogen (secondary N) is 1. The molecule has 5 heteroatoms. The summed E-state index contributed by atoms with van der Waals surface area (Å²) in [5.74, 6) is 0. The Morgan fingerprint density at radius 3 is 2.95 bits per heavy atom. The lowest BCUT2D eigenvalue weighted by atomic mass is 9.98. The molecule has 1 saturated heterocycles. The number of nitriles is 1. The average molecular weight is 286 g/mol. The Kier molecular flexibility index (Phi) is 3.36. The molecule has 0 bridgehead atoms. The van der Waals surface area contributed by atoms with Crippen LogP contribution in [-0.4, -0.2) is 34.1 Å². The van der Waals surface area contributed by atoms with E-state index in [9.17, 15) is 0 Å². The molecule has 1 aromatic heterocycles. The second-order valence-corrected chi connectivity index (χ2v) is 6.04. The van der Waals surface area contributed by atoms with Crippen molar-refractivity contribution in [1.82, 2.24) is 14.5 Å². The summed E-state index contributed by atoms with van der Waals surface area (Å²) in [6, 6.07) is 8.88. The fraction of sp³-hybridized carbons (Fsp3) is 0.467. The Labute approximate surface area is 123 Å². The van der Waals surface area contributed by atoms with Crippen LogP contribution in [0.1, 0.15) is 31.4 Å². The van der Waals surface area contributed by atoms with Crippen molar-refractivity contribution >= 4 is 23.3 Å². The Hall–Kier alpha value is -1.64. The first-order valence-corrected chi connectivity index (χ1v) is 7.35. The number of aromatic amines is 1. The summed E-state index contributed by atoms with van der Waals surface area (Å²) >= 11 is 5.49. The van der Waals surface area contributed by atoms with Crippen LogP contribution in [0.15, 0.2) is 18.2 Å². The first kappa shape index (κ1) is 13.3. The van der Waals surface area contributed by atoms with Crippen LogP contribution >= 0.6 is 12.2 Å². The third kappa shape index (κ3) is 2.15. The maximum atomic E-state index is 9.08. The number of aromatic nitrogens is 2. The van der Waals surface area contributed by atoms with Crippen molar-refractivity contribution in [3.63, 3.8) is 0 Å². The van der Waals surface area contributed by atoms with E-state index in [0.29, 0.717) is 17.6 Å². The van der Waals surface area contributed by atoms with Gasteiger partial charge in [-0.2, -0.15) is 5.26 Å². The van der Waals surface area contributed by atoms with Crippen molar-refractivity contribution in [2.45, 2.75) is 31.8 Å². The maximum Gasteiger partial charge on any atom is 0.178 e. The van der Waals surface area contributed by atoms with Gasteiger partial charge in [0.25, 0.3) is 0 Å². The van der Waals surface area contributed by atoms with Gasteiger partial charge in [-0.15, -0.1) is 0 Å². The molecule has 2 heterocycles. The Morgan fingerprint density at radius 1 is 1.45 bits per heavy atom. The van der Waals surface area contributed by atoms with Crippen LogP contribution < -0.4 is 0 Å². The molecule has 104 valence electrons. The summed E-state index contributed by atoms with van der Waals surface area (Å²) in [6.45, 7) is 3.34. The number of hydrogen-bond donors (Lipinski definition) is 1. The zero-order valence-electron chi connectivity index (χ0n) is 11.8. The van der Waals surface area contributed by atoms with Gasteiger partial charge in [-0.1, -0.05) is 0 Å². The molecular weight excluding hydrogens is 268 g/mol. The molecule has 20 heavy (non-hydrogen) atoms. The van der Waals surface area contributed by atoms with Crippen LogP contribution in [-0.2, 0) is 0 Å². The van der Waals surface area contributed by atoms with Gasteiger partial charge in [0.15, 0.2) is 4.77 Å². The Morgan fingerprint density at radius 2 is 2.25 bits per heavy atom. The largest absolute Gasteiger partial charge is 0.331 e. The van der Waals surface area contributed by atoms with E-state index in [4.69, 9.17) is 17.5 Å². The minimum atomic E-state index is 0.413. The molecule has 0 aliphatic carbocycles. The molecule has 0 saturated carbocycles. The van der Waals surface area contributed by atoms with Gasteiger partial charge in [-0.05, 0) is 57.2 Å². The quantitative estimate of drug-likeness (QED) is 0.819. The van der Waals surface area contributed by atoms with Gasteiger partial charge < -0.3 is 14.5 Å². The molecule has 1 aliphatic rings. The molecule has 4 nitrogen and oxygen atoms in total. The number of nitrogens with zero attached hydrogens (tertiary/aromatic N) is 3. The first-order valence-electron chi connectivity index (χ1n) is 6.94. The average Bonchev–Trinajstić information content (AvgIpc) is 2.77. The van der Waals surface area contributed by atoms with Crippen molar-refractivity contribution in [3.8, 4) is 6.07 Å². The van der Waals surface area contributed by atoms with Crippen molar-refractivity contribution in [2.75, 3.05) is 13.6 Å². The number of piperidine rings is 1. The van der Waals surface area contributed by atoms with Crippen LogP contribution in [0.5, 0.6) is 0 Å². The van der Waals surface area contributed by atoms with E-state index < -0.39 is 0 Å². The lowest BCUT2D eigenvalue weighted by molar-refractivity contribution is 0.158. The van der Waals surface area contributed by atoms with Gasteiger partial charge in [-0.3, -0.25) is 0 Å². The van der Waals surface area contributed by atoms with Crippen molar-refractivity contribution in [3.05, 3.63) is 28.5 Å². The SMILES string of the molecule is CC1CC(n2c(=S)[nH]c3ccc(C#N)cc32)CCN1C. The van der Waals surface area contributed by atoms with Gasteiger partial charge >= 0.3 is 0 Å². The van der Waals surface area contributed by atoms with E-state index >= 15 is 0 Å². The monoisotopic (exact) mass is 286 g/mol. The zero-order valence-corrected chi connectivity index (χ0v) is 12.6. The summed E-state index contributed by atoms with van der Waals surface area (Å²) in [7, 11) is 2.17. The number of hydrogen-bond acceptors (Lipinski definition) is 3. The van der Waals surface area contributed by atoms with Gasteiger partial charge in [0, 0.05) is 18.6 Å². The van der Waals surface area contributed by atoms with Crippen molar-refractivity contribution in [2.24, 2.45) is 0 Å². The molecule has 1 aliphatic heterocycles. The standard InChI is InChI=1S/C15H18N4S/c1-10-7-12(5-6-18(10)2)19-14-8-11(9-16)3-4-13(14)17-15(19)20/h3-4,8,10,12H,5-7H2,1-2H3,(H,17,20). The molecule has 0 radical (unpaired) electrons. The highest BCUT2D eigenvalue weighted by molar-refractivity contribution is 7.71. The highest BCUT2D eigenvalue weighted by atomic mass is 32.1. The zero-order chi connectivity index (χ0) is 14.3. The van der Waals surface area contributed by atoms with Crippen LogP contribution in [0.25, 0.3) is 11.0 Å². The van der Waals surface area contributed by atoms with Crippen molar-refractivity contribution in [1.29, 1.82) is 5.26 Å². The fourth-order valence-corrected chi connectivity index (χ4v) is 3.41. The lowest BCUT2D eigenvalue weighted by Crippen LogP contribution is -2.38.